The minimum Gasteiger partial charge on any atom is -0.493 e. The minimum absolute atomic E-state index is 0.138. The summed E-state index contributed by atoms with van der Waals surface area (Å²) in [5, 5.41) is 6.73. The molecule has 8 nitrogen and oxygen atoms in total. The Hall–Kier alpha value is -4.37. The number of halogens is 1. The van der Waals surface area contributed by atoms with Gasteiger partial charge in [0.2, 0.25) is 0 Å². The average Bonchev–Trinajstić information content (AvgIpc) is 3.44. The number of hydrazone groups is 1. The highest BCUT2D eigenvalue weighted by Gasteiger charge is 2.15. The Kier molecular flexibility index (Phi) is 8.15. The Balaban J connectivity index is 1.43. The first-order valence-electron chi connectivity index (χ1n) is 10.9. The van der Waals surface area contributed by atoms with E-state index < -0.39 is 11.8 Å². The first-order chi connectivity index (χ1) is 17.5. The molecule has 0 aliphatic carbocycles. The average molecular weight is 548 g/mol. The molecule has 1 heterocycles. The van der Waals surface area contributed by atoms with E-state index in [0.29, 0.717) is 33.8 Å². The van der Waals surface area contributed by atoms with Gasteiger partial charge in [-0.1, -0.05) is 42.5 Å². The number of methoxy groups -OCH3 is 1. The number of furan rings is 1. The van der Waals surface area contributed by atoms with Gasteiger partial charge >= 0.3 is 0 Å². The Morgan fingerprint density at radius 2 is 1.78 bits per heavy atom. The Morgan fingerprint density at radius 1 is 1.00 bits per heavy atom. The van der Waals surface area contributed by atoms with Gasteiger partial charge in [-0.2, -0.15) is 5.10 Å². The number of carbonyl (C=O) groups is 2. The summed E-state index contributed by atoms with van der Waals surface area (Å²) in [6, 6.07) is 23.1. The number of amides is 2. The minimum atomic E-state index is -0.490. The third-order valence-corrected chi connectivity index (χ3v) is 5.61. The van der Waals surface area contributed by atoms with Crippen molar-refractivity contribution in [1.29, 1.82) is 0 Å². The molecule has 9 heteroatoms. The topological polar surface area (TPSA) is 102 Å². The van der Waals surface area contributed by atoms with Crippen LogP contribution in [0.5, 0.6) is 11.5 Å². The zero-order valence-electron chi connectivity index (χ0n) is 19.2. The first kappa shape index (κ1) is 24.7. The van der Waals surface area contributed by atoms with Crippen molar-refractivity contribution in [3.8, 4) is 11.5 Å². The molecule has 2 amide bonds. The number of hydrogen-bond acceptors (Lipinski definition) is 6. The lowest BCUT2D eigenvalue weighted by Crippen LogP contribution is -2.21. The number of benzene rings is 3. The second kappa shape index (κ2) is 11.9. The smallest absolute Gasteiger partial charge is 0.291 e. The Bertz CT molecular complexity index is 1370. The number of carbonyl (C=O) groups excluding carboxylic acids is 2. The van der Waals surface area contributed by atoms with Crippen molar-refractivity contribution in [3.05, 3.63) is 112 Å². The van der Waals surface area contributed by atoms with E-state index in [1.165, 1.54) is 18.5 Å². The van der Waals surface area contributed by atoms with Crippen LogP contribution in [0.15, 0.2) is 99.1 Å². The van der Waals surface area contributed by atoms with Crippen LogP contribution in [0, 0.1) is 0 Å². The summed E-state index contributed by atoms with van der Waals surface area (Å²) in [5.74, 6) is 0.257. The SMILES string of the molecule is COc1cc(/C=N/NC(=O)c2ccccc2NC(=O)c2ccco2)cc(Br)c1OCc1ccccc1. The van der Waals surface area contributed by atoms with E-state index >= 15 is 0 Å². The largest absolute Gasteiger partial charge is 0.493 e. The molecule has 4 aromatic rings. The highest BCUT2D eigenvalue weighted by atomic mass is 79.9. The number of nitrogens with one attached hydrogen (secondary N) is 2. The number of ether oxygens (including phenoxy) is 2. The van der Waals surface area contributed by atoms with E-state index in [1.807, 2.05) is 30.3 Å². The number of anilines is 1. The maximum Gasteiger partial charge on any atom is 0.291 e. The highest BCUT2D eigenvalue weighted by Crippen LogP contribution is 2.36. The predicted molar refractivity (Wildman–Crippen MR) is 140 cm³/mol. The standard InChI is InChI=1S/C27H22BrN3O5/c1-34-24-15-19(14-21(28)25(24)36-17-18-8-3-2-4-9-18)16-29-31-26(32)20-10-5-6-11-22(20)30-27(33)23-12-7-13-35-23/h2-16H,17H2,1H3,(H,30,33)(H,31,32)/b29-16+. The molecule has 0 saturated carbocycles. The predicted octanol–water partition coefficient (Wildman–Crippen LogP) is 5.65. The van der Waals surface area contributed by atoms with Gasteiger partial charge in [0.1, 0.15) is 6.61 Å². The summed E-state index contributed by atoms with van der Waals surface area (Å²) >= 11 is 3.52. The lowest BCUT2D eigenvalue weighted by atomic mass is 10.1. The molecule has 4 rings (SSSR count). The van der Waals surface area contributed by atoms with Gasteiger partial charge < -0.3 is 19.2 Å². The van der Waals surface area contributed by atoms with Gasteiger partial charge in [0.25, 0.3) is 11.8 Å². The molecule has 0 spiro atoms. The fourth-order valence-corrected chi connectivity index (χ4v) is 3.87. The maximum absolute atomic E-state index is 12.7. The van der Waals surface area contributed by atoms with Crippen molar-refractivity contribution >= 4 is 39.6 Å². The van der Waals surface area contributed by atoms with Gasteiger partial charge in [0, 0.05) is 0 Å². The lowest BCUT2D eigenvalue weighted by Gasteiger charge is -2.13. The Morgan fingerprint density at radius 3 is 2.53 bits per heavy atom. The van der Waals surface area contributed by atoms with Crippen molar-refractivity contribution in [2.75, 3.05) is 12.4 Å². The van der Waals surface area contributed by atoms with E-state index in [1.54, 1.807) is 49.6 Å². The van der Waals surface area contributed by atoms with Crippen molar-refractivity contribution in [2.24, 2.45) is 5.10 Å². The normalized spacial score (nSPS) is 10.7. The number of nitrogens with zero attached hydrogens (tertiary/aromatic N) is 1. The lowest BCUT2D eigenvalue weighted by molar-refractivity contribution is 0.0956. The summed E-state index contributed by atoms with van der Waals surface area (Å²) in [6.45, 7) is 0.384. The van der Waals surface area contributed by atoms with Crippen molar-refractivity contribution in [3.63, 3.8) is 0 Å². The summed E-state index contributed by atoms with van der Waals surface area (Å²) in [5.41, 5.74) is 4.76. The molecule has 2 N–H and O–H groups in total. The van der Waals surface area contributed by atoms with E-state index in [4.69, 9.17) is 13.9 Å². The third kappa shape index (κ3) is 6.19. The highest BCUT2D eigenvalue weighted by molar-refractivity contribution is 9.10. The van der Waals surface area contributed by atoms with Crippen LogP contribution in [-0.2, 0) is 6.61 Å². The van der Waals surface area contributed by atoms with E-state index in [0.717, 1.165) is 5.56 Å². The van der Waals surface area contributed by atoms with Gasteiger partial charge in [-0.15, -0.1) is 0 Å². The molecule has 0 unspecified atom stereocenters. The molecule has 0 radical (unpaired) electrons. The maximum atomic E-state index is 12.7. The van der Waals surface area contributed by atoms with Crippen molar-refractivity contribution in [2.45, 2.75) is 6.61 Å². The fourth-order valence-electron chi connectivity index (χ4n) is 3.29. The molecule has 0 fully saturated rings. The van der Waals surface area contributed by atoms with E-state index in [-0.39, 0.29) is 11.3 Å². The van der Waals surface area contributed by atoms with Gasteiger partial charge in [0.05, 0.1) is 35.3 Å². The second-order valence-electron chi connectivity index (χ2n) is 7.48. The molecule has 0 aliphatic rings. The number of rotatable bonds is 9. The quantitative estimate of drug-likeness (QED) is 0.208. The summed E-state index contributed by atoms with van der Waals surface area (Å²) < 4.78 is 17.2. The van der Waals surface area contributed by atoms with Crippen molar-refractivity contribution < 1.29 is 23.5 Å². The van der Waals surface area contributed by atoms with Gasteiger partial charge in [-0.3, -0.25) is 9.59 Å². The molecular formula is C27H22BrN3O5. The van der Waals surface area contributed by atoms with Gasteiger partial charge in [-0.25, -0.2) is 5.43 Å². The van der Waals surface area contributed by atoms with Crippen LogP contribution in [0.25, 0.3) is 0 Å². The summed E-state index contributed by atoms with van der Waals surface area (Å²) in [6.07, 6.45) is 2.88. The zero-order chi connectivity index (χ0) is 25.3. The van der Waals surface area contributed by atoms with E-state index in [9.17, 15) is 9.59 Å². The zero-order valence-corrected chi connectivity index (χ0v) is 20.8. The fraction of sp³-hybridized carbons (Fsp3) is 0.0741. The van der Waals surface area contributed by atoms with Crippen LogP contribution in [0.2, 0.25) is 0 Å². The van der Waals surface area contributed by atoms with Crippen LogP contribution >= 0.6 is 15.9 Å². The van der Waals surface area contributed by atoms with Crippen molar-refractivity contribution in [1.82, 2.24) is 5.43 Å². The second-order valence-corrected chi connectivity index (χ2v) is 8.34. The van der Waals surface area contributed by atoms with Crippen LogP contribution in [0.1, 0.15) is 32.0 Å². The van der Waals surface area contributed by atoms with Crippen LogP contribution < -0.4 is 20.2 Å². The molecule has 1 aromatic heterocycles. The molecule has 0 atom stereocenters. The van der Waals surface area contributed by atoms with E-state index in [2.05, 4.69) is 31.8 Å². The Labute approximate surface area is 216 Å². The first-order valence-corrected chi connectivity index (χ1v) is 11.7. The molecule has 0 aliphatic heterocycles. The molecular weight excluding hydrogens is 526 g/mol. The molecule has 182 valence electrons. The number of hydrogen-bond donors (Lipinski definition) is 2. The third-order valence-electron chi connectivity index (χ3n) is 5.02. The summed E-state index contributed by atoms with van der Waals surface area (Å²) in [7, 11) is 1.55. The molecule has 0 bridgehead atoms. The molecule has 0 saturated heterocycles. The number of para-hydroxylation sites is 1. The van der Waals surface area contributed by atoms with Crippen LogP contribution in [0.4, 0.5) is 5.69 Å². The van der Waals surface area contributed by atoms with Crippen LogP contribution in [-0.4, -0.2) is 25.1 Å². The van der Waals surface area contributed by atoms with Gasteiger partial charge in [0.15, 0.2) is 17.3 Å². The summed E-state index contributed by atoms with van der Waals surface area (Å²) in [4.78, 5) is 25.0. The van der Waals surface area contributed by atoms with Crippen LogP contribution in [0.3, 0.4) is 0 Å². The molecule has 3 aromatic carbocycles. The molecule has 36 heavy (non-hydrogen) atoms. The van der Waals surface area contributed by atoms with Gasteiger partial charge in [-0.05, 0) is 63.5 Å². The monoisotopic (exact) mass is 547 g/mol.